The summed E-state index contributed by atoms with van der Waals surface area (Å²) >= 11 is 0. The molecule has 0 unspecified atom stereocenters. The zero-order chi connectivity index (χ0) is 27.6. The third-order valence-corrected chi connectivity index (χ3v) is 6.62. The molecule has 6 heteroatoms. The molecule has 0 spiro atoms. The Hall–Kier alpha value is -4.32. The van der Waals surface area contributed by atoms with Crippen molar-refractivity contribution in [3.63, 3.8) is 0 Å². The SMILES string of the molecule is COc1cccc(CCc2cccc(Oc3cc(CCc4ccc(OC)c(OC)c4)cc(OC)c3OC)c2)c1. The number of aryl methyl sites for hydroxylation is 4. The van der Waals surface area contributed by atoms with E-state index >= 15 is 0 Å². The van der Waals surface area contributed by atoms with Crippen molar-refractivity contribution in [3.8, 4) is 40.2 Å². The predicted octanol–water partition coefficient (Wildman–Crippen LogP) is 7.09. The van der Waals surface area contributed by atoms with Gasteiger partial charge in [0, 0.05) is 0 Å². The normalized spacial score (nSPS) is 10.6. The van der Waals surface area contributed by atoms with Crippen LogP contribution in [0.3, 0.4) is 0 Å². The summed E-state index contributed by atoms with van der Waals surface area (Å²) < 4.78 is 33.9. The molecule has 0 saturated carbocycles. The summed E-state index contributed by atoms with van der Waals surface area (Å²) in [5.41, 5.74) is 4.64. The number of rotatable bonds is 13. The fourth-order valence-corrected chi connectivity index (χ4v) is 4.54. The summed E-state index contributed by atoms with van der Waals surface area (Å²) in [5.74, 6) is 4.86. The molecule has 0 aliphatic carbocycles. The molecule has 0 heterocycles. The first-order chi connectivity index (χ1) is 19.1. The van der Waals surface area contributed by atoms with Gasteiger partial charge in [0.1, 0.15) is 11.5 Å². The fraction of sp³-hybridized carbons (Fsp3) is 0.273. The lowest BCUT2D eigenvalue weighted by molar-refractivity contribution is 0.335. The van der Waals surface area contributed by atoms with Crippen LogP contribution in [0, 0.1) is 0 Å². The highest BCUT2D eigenvalue weighted by Gasteiger charge is 2.16. The Labute approximate surface area is 231 Å². The van der Waals surface area contributed by atoms with Crippen LogP contribution in [-0.2, 0) is 25.7 Å². The minimum atomic E-state index is 0.564. The zero-order valence-corrected chi connectivity index (χ0v) is 23.3. The van der Waals surface area contributed by atoms with Crippen LogP contribution in [0.4, 0.5) is 0 Å². The van der Waals surface area contributed by atoms with Crippen molar-refractivity contribution in [1.82, 2.24) is 0 Å². The van der Waals surface area contributed by atoms with Crippen LogP contribution in [0.15, 0.2) is 78.9 Å². The quantitative estimate of drug-likeness (QED) is 0.185. The van der Waals surface area contributed by atoms with Gasteiger partial charge in [-0.25, -0.2) is 0 Å². The highest BCUT2D eigenvalue weighted by Crippen LogP contribution is 2.41. The maximum absolute atomic E-state index is 6.37. The molecule has 4 aromatic carbocycles. The van der Waals surface area contributed by atoms with Crippen molar-refractivity contribution in [3.05, 3.63) is 101 Å². The van der Waals surface area contributed by atoms with E-state index in [0.29, 0.717) is 23.0 Å². The molecule has 0 aromatic heterocycles. The third kappa shape index (κ3) is 7.17. The monoisotopic (exact) mass is 528 g/mol. The average molecular weight is 529 g/mol. The van der Waals surface area contributed by atoms with E-state index in [1.54, 1.807) is 35.5 Å². The number of hydrogen-bond acceptors (Lipinski definition) is 6. The van der Waals surface area contributed by atoms with Crippen molar-refractivity contribution in [2.45, 2.75) is 25.7 Å². The number of hydrogen-bond donors (Lipinski definition) is 0. The van der Waals surface area contributed by atoms with Crippen LogP contribution < -0.4 is 28.4 Å². The molecule has 6 nitrogen and oxygen atoms in total. The van der Waals surface area contributed by atoms with E-state index in [9.17, 15) is 0 Å². The first kappa shape index (κ1) is 27.7. The number of ether oxygens (including phenoxy) is 6. The summed E-state index contributed by atoms with van der Waals surface area (Å²) in [4.78, 5) is 0. The fourth-order valence-electron chi connectivity index (χ4n) is 4.54. The molecule has 0 N–H and O–H groups in total. The Kier molecular flexibility index (Phi) is 9.57. The summed E-state index contributed by atoms with van der Waals surface area (Å²) in [6.07, 6.45) is 3.39. The molecule has 0 aliphatic rings. The van der Waals surface area contributed by atoms with Gasteiger partial charge in [-0.2, -0.15) is 0 Å². The molecular weight excluding hydrogens is 492 g/mol. The number of methoxy groups -OCH3 is 5. The van der Waals surface area contributed by atoms with E-state index in [1.807, 2.05) is 48.5 Å². The standard InChI is InChI=1S/C33H36O6/c1-34-27-10-6-8-23(18-27)12-13-24-9-7-11-28(19-24)39-32-22-26(21-31(37-4)33(32)38-5)15-14-25-16-17-29(35-2)30(20-25)36-3/h6-11,16-22H,12-15H2,1-5H3. The van der Waals surface area contributed by atoms with Gasteiger partial charge in [0.15, 0.2) is 23.0 Å². The molecule has 4 aromatic rings. The second-order valence-electron chi connectivity index (χ2n) is 9.12. The van der Waals surface area contributed by atoms with Crippen LogP contribution in [0.25, 0.3) is 0 Å². The molecule has 0 fully saturated rings. The Morgan fingerprint density at radius 1 is 0.410 bits per heavy atom. The molecule has 0 saturated heterocycles. The van der Waals surface area contributed by atoms with Crippen LogP contribution in [-0.4, -0.2) is 35.5 Å². The molecule has 0 radical (unpaired) electrons. The lowest BCUT2D eigenvalue weighted by atomic mass is 10.0. The predicted molar refractivity (Wildman–Crippen MR) is 153 cm³/mol. The Morgan fingerprint density at radius 2 is 0.949 bits per heavy atom. The largest absolute Gasteiger partial charge is 0.497 e. The molecule has 4 rings (SSSR count). The van der Waals surface area contributed by atoms with Crippen LogP contribution in [0.1, 0.15) is 22.3 Å². The lowest BCUT2D eigenvalue weighted by Crippen LogP contribution is -1.99. The molecule has 0 bridgehead atoms. The smallest absolute Gasteiger partial charge is 0.203 e. The van der Waals surface area contributed by atoms with Gasteiger partial charge < -0.3 is 28.4 Å². The molecule has 0 atom stereocenters. The van der Waals surface area contributed by atoms with E-state index < -0.39 is 0 Å². The zero-order valence-electron chi connectivity index (χ0n) is 23.3. The highest BCUT2D eigenvalue weighted by atomic mass is 16.5. The first-order valence-corrected chi connectivity index (χ1v) is 12.9. The summed E-state index contributed by atoms with van der Waals surface area (Å²) in [7, 11) is 8.23. The summed E-state index contributed by atoms with van der Waals surface area (Å²) in [6, 6.07) is 26.3. The van der Waals surface area contributed by atoms with Gasteiger partial charge in [-0.05, 0) is 96.5 Å². The van der Waals surface area contributed by atoms with Gasteiger partial charge in [-0.1, -0.05) is 30.3 Å². The minimum Gasteiger partial charge on any atom is -0.497 e. The second kappa shape index (κ2) is 13.5. The van der Waals surface area contributed by atoms with Crippen molar-refractivity contribution in [2.24, 2.45) is 0 Å². The van der Waals surface area contributed by atoms with Crippen molar-refractivity contribution in [1.29, 1.82) is 0 Å². The van der Waals surface area contributed by atoms with Gasteiger partial charge in [0.2, 0.25) is 5.75 Å². The van der Waals surface area contributed by atoms with E-state index in [0.717, 1.165) is 54.1 Å². The molecule has 39 heavy (non-hydrogen) atoms. The Bertz CT molecular complexity index is 1380. The van der Waals surface area contributed by atoms with Gasteiger partial charge in [-0.3, -0.25) is 0 Å². The first-order valence-electron chi connectivity index (χ1n) is 12.9. The van der Waals surface area contributed by atoms with Crippen LogP contribution >= 0.6 is 0 Å². The second-order valence-corrected chi connectivity index (χ2v) is 9.12. The van der Waals surface area contributed by atoms with Gasteiger partial charge >= 0.3 is 0 Å². The third-order valence-electron chi connectivity index (χ3n) is 6.62. The lowest BCUT2D eigenvalue weighted by Gasteiger charge is -2.16. The van der Waals surface area contributed by atoms with Crippen molar-refractivity contribution < 1.29 is 28.4 Å². The summed E-state index contributed by atoms with van der Waals surface area (Å²) in [6.45, 7) is 0. The van der Waals surface area contributed by atoms with Crippen molar-refractivity contribution in [2.75, 3.05) is 35.5 Å². The van der Waals surface area contributed by atoms with E-state index in [1.165, 1.54) is 11.1 Å². The van der Waals surface area contributed by atoms with Crippen LogP contribution in [0.2, 0.25) is 0 Å². The van der Waals surface area contributed by atoms with Gasteiger partial charge in [0.05, 0.1) is 35.5 Å². The van der Waals surface area contributed by atoms with E-state index in [4.69, 9.17) is 28.4 Å². The Morgan fingerprint density at radius 3 is 1.56 bits per heavy atom. The number of benzene rings is 4. The molecular formula is C33H36O6. The topological polar surface area (TPSA) is 55.4 Å². The van der Waals surface area contributed by atoms with Crippen LogP contribution in [0.5, 0.6) is 40.2 Å². The summed E-state index contributed by atoms with van der Waals surface area (Å²) in [5, 5.41) is 0. The van der Waals surface area contributed by atoms with Gasteiger partial charge in [0.25, 0.3) is 0 Å². The minimum absolute atomic E-state index is 0.564. The highest BCUT2D eigenvalue weighted by molar-refractivity contribution is 5.55. The maximum Gasteiger partial charge on any atom is 0.203 e. The molecule has 0 amide bonds. The van der Waals surface area contributed by atoms with Crippen molar-refractivity contribution >= 4 is 0 Å². The van der Waals surface area contributed by atoms with Gasteiger partial charge in [-0.15, -0.1) is 0 Å². The maximum atomic E-state index is 6.37. The van der Waals surface area contributed by atoms with E-state index in [-0.39, 0.29) is 0 Å². The van der Waals surface area contributed by atoms with E-state index in [2.05, 4.69) is 30.3 Å². The average Bonchev–Trinajstić information content (AvgIpc) is 2.98. The molecule has 0 aliphatic heterocycles. The molecule has 204 valence electrons. The Balaban J connectivity index is 1.51.